The van der Waals surface area contributed by atoms with Crippen molar-refractivity contribution in [1.82, 2.24) is 20.1 Å². The van der Waals surface area contributed by atoms with Crippen LogP contribution in [-0.4, -0.2) is 92.8 Å². The largest absolute Gasteiger partial charge is 0.472 e. The van der Waals surface area contributed by atoms with E-state index >= 15 is 4.39 Å². The monoisotopic (exact) mass is 618 g/mol. The van der Waals surface area contributed by atoms with Gasteiger partial charge in [0.15, 0.2) is 11.6 Å². The second-order valence-corrected chi connectivity index (χ2v) is 14.1. The minimum Gasteiger partial charge on any atom is -0.472 e. The molecule has 44 heavy (non-hydrogen) atoms. The van der Waals surface area contributed by atoms with E-state index in [-0.39, 0.29) is 37.2 Å². The zero-order valence-corrected chi connectivity index (χ0v) is 25.0. The molecule has 2 bridgehead atoms. The van der Waals surface area contributed by atoms with Crippen molar-refractivity contribution in [1.29, 1.82) is 5.26 Å². The lowest BCUT2D eigenvalue weighted by Gasteiger charge is -2.43. The topological polar surface area (TPSA) is 148 Å². The molecule has 2 aliphatic carbocycles. The lowest BCUT2D eigenvalue weighted by molar-refractivity contribution is -0.152. The molecule has 4 fully saturated rings. The molecule has 1 aromatic rings. The standard InChI is InChI=1S/C30H37F3N6O5/c1-28(2,3)22(36-26(42)29(4,32)33)25(41)38-12-17-14-8-16(18(31)9-14)20(17)21(38)24(40)39-13-30(10-15(39)11-34)27(43)37-23-19(44-30)6-5-7-35-23/h5-7,14-18,20-22,25,41H,8-10,12-13H2,1-4H3,(H,36,42)(H,35,37,43)/t14-,15-,16+,17+,18+,20-,21-,22+,25?,30+/m0/s1. The first-order valence-electron chi connectivity index (χ1n) is 15.0. The molecule has 3 amide bonds. The second kappa shape index (κ2) is 10.3. The highest BCUT2D eigenvalue weighted by Crippen LogP contribution is 2.59. The van der Waals surface area contributed by atoms with Crippen molar-refractivity contribution in [2.75, 3.05) is 18.4 Å². The van der Waals surface area contributed by atoms with Gasteiger partial charge in [0.05, 0.1) is 24.7 Å². The Balaban J connectivity index is 1.34. The summed E-state index contributed by atoms with van der Waals surface area (Å²) in [5.41, 5.74) is -2.49. The number of nitrogens with zero attached hydrogens (tertiary/aromatic N) is 4. The first-order chi connectivity index (χ1) is 20.6. The maximum absolute atomic E-state index is 15.2. The summed E-state index contributed by atoms with van der Waals surface area (Å²) in [4.78, 5) is 47.1. The Morgan fingerprint density at radius 2 is 2.00 bits per heavy atom. The maximum Gasteiger partial charge on any atom is 0.321 e. The number of hydrogen-bond acceptors (Lipinski definition) is 8. The molecule has 0 radical (unpaired) electrons. The Labute approximate surface area is 253 Å². The van der Waals surface area contributed by atoms with Gasteiger partial charge in [-0.3, -0.25) is 19.3 Å². The number of carbonyl (C=O) groups excluding carboxylic acids is 3. The summed E-state index contributed by atoms with van der Waals surface area (Å²) in [5, 5.41) is 26.9. The Kier molecular flexibility index (Phi) is 7.16. The van der Waals surface area contributed by atoms with Gasteiger partial charge in [0.25, 0.3) is 11.8 Å². The summed E-state index contributed by atoms with van der Waals surface area (Å²) in [6.07, 6.45) is -0.425. The maximum atomic E-state index is 15.2. The third-order valence-electron chi connectivity index (χ3n) is 10.3. The molecule has 2 saturated heterocycles. The molecule has 3 aliphatic heterocycles. The third kappa shape index (κ3) is 4.79. The number of anilines is 1. The first kappa shape index (κ1) is 30.6. The molecular formula is C30H37F3N6O5. The number of amides is 3. The molecule has 6 rings (SSSR count). The van der Waals surface area contributed by atoms with Crippen LogP contribution in [0.1, 0.15) is 47.0 Å². The Bertz CT molecular complexity index is 1410. The highest BCUT2D eigenvalue weighted by atomic mass is 19.3. The predicted molar refractivity (Wildman–Crippen MR) is 149 cm³/mol. The van der Waals surface area contributed by atoms with E-state index in [1.807, 2.05) is 0 Å². The summed E-state index contributed by atoms with van der Waals surface area (Å²) >= 11 is 0. The number of hydrogen-bond donors (Lipinski definition) is 3. The summed E-state index contributed by atoms with van der Waals surface area (Å²) in [6, 6.07) is 1.95. The van der Waals surface area contributed by atoms with E-state index in [4.69, 9.17) is 4.74 Å². The number of aliphatic hydroxyl groups excluding tert-OH is 1. The van der Waals surface area contributed by atoms with Gasteiger partial charge in [-0.05, 0) is 54.1 Å². The number of halogens is 3. The van der Waals surface area contributed by atoms with E-state index in [2.05, 4.69) is 21.7 Å². The van der Waals surface area contributed by atoms with E-state index in [1.54, 1.807) is 32.9 Å². The number of aliphatic hydroxyl groups is 1. The van der Waals surface area contributed by atoms with Crippen molar-refractivity contribution in [2.24, 2.45) is 29.1 Å². The molecule has 1 spiro atoms. The zero-order valence-electron chi connectivity index (χ0n) is 25.0. The average Bonchev–Trinajstić information content (AvgIpc) is 3.70. The Hall–Kier alpha value is -3.44. The van der Waals surface area contributed by atoms with E-state index in [1.165, 1.54) is 16.0 Å². The SMILES string of the molecule is CC(F)(F)C(=O)N[C@H](C(O)N1C[C@@H]2[C@H]3C[C@@H]([C@@H]2[C@H]1C(=O)N1C[C@@]2(C[C@H]1C#N)Oc1cccnc1NC2=O)[C@H](F)C3)C(C)(C)C. The average molecular weight is 619 g/mol. The normalized spacial score (nSPS) is 35.8. The molecule has 14 heteroatoms. The van der Waals surface area contributed by atoms with Crippen molar-refractivity contribution < 1.29 is 37.4 Å². The first-order valence-corrected chi connectivity index (χ1v) is 15.0. The number of aromatic nitrogens is 1. The number of fused-ring (bicyclic) bond motifs is 6. The summed E-state index contributed by atoms with van der Waals surface area (Å²) in [5.74, 6) is -7.03. The van der Waals surface area contributed by atoms with Gasteiger partial charge in [-0.2, -0.15) is 14.0 Å². The van der Waals surface area contributed by atoms with Gasteiger partial charge in [-0.15, -0.1) is 0 Å². The fraction of sp³-hybridized carbons (Fsp3) is 0.700. The van der Waals surface area contributed by atoms with Crippen molar-refractivity contribution in [2.45, 2.75) is 89.0 Å². The minimum atomic E-state index is -3.71. The van der Waals surface area contributed by atoms with Crippen LogP contribution < -0.4 is 15.4 Å². The summed E-state index contributed by atoms with van der Waals surface area (Å²) < 4.78 is 49.2. The molecule has 4 heterocycles. The van der Waals surface area contributed by atoms with Crippen molar-refractivity contribution in [3.63, 3.8) is 0 Å². The van der Waals surface area contributed by atoms with E-state index in [9.17, 15) is 33.5 Å². The molecule has 0 aromatic carbocycles. The van der Waals surface area contributed by atoms with Gasteiger partial charge in [0, 0.05) is 26.1 Å². The molecule has 10 atom stereocenters. The minimum absolute atomic E-state index is 0.0247. The van der Waals surface area contributed by atoms with Crippen LogP contribution in [0, 0.1) is 40.4 Å². The number of carbonyl (C=O) groups is 3. The fourth-order valence-electron chi connectivity index (χ4n) is 8.20. The Morgan fingerprint density at radius 1 is 1.27 bits per heavy atom. The number of nitriles is 1. The number of alkyl halides is 3. The van der Waals surface area contributed by atoms with Crippen molar-refractivity contribution >= 4 is 23.5 Å². The second-order valence-electron chi connectivity index (χ2n) is 14.1. The molecule has 1 unspecified atom stereocenters. The number of pyridine rings is 1. The number of likely N-dealkylation sites (tertiary alicyclic amines) is 2. The van der Waals surface area contributed by atoms with Crippen LogP contribution >= 0.6 is 0 Å². The summed E-state index contributed by atoms with van der Waals surface area (Å²) in [7, 11) is 0. The highest BCUT2D eigenvalue weighted by Gasteiger charge is 2.65. The predicted octanol–water partition coefficient (Wildman–Crippen LogP) is 2.07. The molecule has 1 aromatic heterocycles. The van der Waals surface area contributed by atoms with Gasteiger partial charge in [-0.1, -0.05) is 20.8 Å². The molecule has 2 saturated carbocycles. The molecule has 3 N–H and O–H groups in total. The van der Waals surface area contributed by atoms with Crippen LogP contribution in [0.2, 0.25) is 0 Å². The van der Waals surface area contributed by atoms with Gasteiger partial charge in [0.1, 0.15) is 18.4 Å². The third-order valence-corrected chi connectivity index (χ3v) is 10.3. The molecule has 238 valence electrons. The van der Waals surface area contributed by atoms with Crippen LogP contribution in [0.4, 0.5) is 19.0 Å². The smallest absolute Gasteiger partial charge is 0.321 e. The van der Waals surface area contributed by atoms with Gasteiger partial charge < -0.3 is 25.4 Å². The van der Waals surface area contributed by atoms with Gasteiger partial charge in [0.2, 0.25) is 11.5 Å². The van der Waals surface area contributed by atoms with E-state index < -0.39 is 77.0 Å². The number of nitrogens with one attached hydrogen (secondary N) is 2. The number of rotatable bonds is 5. The van der Waals surface area contributed by atoms with Crippen molar-refractivity contribution in [3.8, 4) is 11.8 Å². The molecule has 5 aliphatic rings. The van der Waals surface area contributed by atoms with Crippen LogP contribution in [0.25, 0.3) is 0 Å². The van der Waals surface area contributed by atoms with Crippen LogP contribution in [-0.2, 0) is 14.4 Å². The van der Waals surface area contributed by atoms with E-state index in [0.29, 0.717) is 25.5 Å². The number of ether oxygens (including phenoxy) is 1. The van der Waals surface area contributed by atoms with Crippen LogP contribution in [0.5, 0.6) is 5.75 Å². The zero-order chi connectivity index (χ0) is 31.9. The van der Waals surface area contributed by atoms with E-state index in [0.717, 1.165) is 0 Å². The fourth-order valence-corrected chi connectivity index (χ4v) is 8.20. The lowest BCUT2D eigenvalue weighted by Crippen LogP contribution is -2.63. The van der Waals surface area contributed by atoms with Crippen LogP contribution in [0.15, 0.2) is 18.3 Å². The highest BCUT2D eigenvalue weighted by molar-refractivity contribution is 6.01. The van der Waals surface area contributed by atoms with Crippen molar-refractivity contribution in [3.05, 3.63) is 18.3 Å². The molecular weight excluding hydrogens is 581 g/mol. The summed E-state index contributed by atoms with van der Waals surface area (Å²) in [6.45, 7) is 5.40. The Morgan fingerprint density at radius 3 is 2.66 bits per heavy atom. The van der Waals surface area contributed by atoms with Gasteiger partial charge >= 0.3 is 5.92 Å². The van der Waals surface area contributed by atoms with Crippen LogP contribution in [0.3, 0.4) is 0 Å². The molecule has 11 nitrogen and oxygen atoms in total. The van der Waals surface area contributed by atoms with Gasteiger partial charge in [-0.25, -0.2) is 9.37 Å². The quantitative estimate of drug-likeness (QED) is 0.455. The lowest BCUT2D eigenvalue weighted by atomic mass is 9.77.